The minimum atomic E-state index is -0.248. The number of rotatable bonds is 7. The maximum Gasteiger partial charge on any atom is 0.262 e. The van der Waals surface area contributed by atoms with Gasteiger partial charge in [0.05, 0.1) is 12.8 Å². The number of nitrogens with zero attached hydrogens (tertiary/aromatic N) is 4. The summed E-state index contributed by atoms with van der Waals surface area (Å²) in [7, 11) is 3.71. The summed E-state index contributed by atoms with van der Waals surface area (Å²) < 4.78 is 10.9. The van der Waals surface area contributed by atoms with Gasteiger partial charge >= 0.3 is 0 Å². The van der Waals surface area contributed by atoms with Crippen LogP contribution in [0.25, 0.3) is 11.3 Å². The van der Waals surface area contributed by atoms with E-state index in [1.165, 1.54) is 0 Å². The number of anilines is 2. The number of amides is 1. The molecule has 172 valence electrons. The Morgan fingerprint density at radius 3 is 2.39 bits per heavy atom. The van der Waals surface area contributed by atoms with Crippen molar-refractivity contribution in [3.05, 3.63) is 60.2 Å². The number of ether oxygens (including phenoxy) is 2. The quantitative estimate of drug-likeness (QED) is 0.596. The Bertz CT molecular complexity index is 1080. The van der Waals surface area contributed by atoms with Crippen molar-refractivity contribution in [1.82, 2.24) is 15.1 Å². The first kappa shape index (κ1) is 22.5. The number of nitrogens with one attached hydrogen (secondary N) is 1. The van der Waals surface area contributed by atoms with Gasteiger partial charge in [0.1, 0.15) is 0 Å². The van der Waals surface area contributed by atoms with Crippen molar-refractivity contribution in [2.24, 2.45) is 0 Å². The van der Waals surface area contributed by atoms with E-state index in [0.717, 1.165) is 48.8 Å². The Kier molecular flexibility index (Phi) is 7.04. The summed E-state index contributed by atoms with van der Waals surface area (Å²) in [5.74, 6) is 1.79. The van der Waals surface area contributed by atoms with Gasteiger partial charge in [-0.25, -0.2) is 0 Å². The third-order valence-electron chi connectivity index (χ3n) is 5.62. The molecule has 1 aliphatic heterocycles. The molecule has 3 aromatic rings. The molecule has 33 heavy (non-hydrogen) atoms. The highest BCUT2D eigenvalue weighted by Crippen LogP contribution is 2.28. The van der Waals surface area contributed by atoms with Gasteiger partial charge in [0.15, 0.2) is 23.9 Å². The van der Waals surface area contributed by atoms with Gasteiger partial charge in [0, 0.05) is 37.4 Å². The lowest BCUT2D eigenvalue weighted by atomic mass is 10.1. The largest absolute Gasteiger partial charge is 0.493 e. The molecule has 0 unspecified atom stereocenters. The minimum absolute atomic E-state index is 0.111. The van der Waals surface area contributed by atoms with E-state index in [9.17, 15) is 4.79 Å². The fraction of sp³-hybridized carbons (Fsp3) is 0.320. The zero-order valence-corrected chi connectivity index (χ0v) is 19.2. The van der Waals surface area contributed by atoms with Crippen LogP contribution in [0.4, 0.5) is 11.5 Å². The molecule has 1 amide bonds. The Balaban J connectivity index is 1.32. The molecule has 1 saturated heterocycles. The van der Waals surface area contributed by atoms with E-state index >= 15 is 0 Å². The predicted molar refractivity (Wildman–Crippen MR) is 129 cm³/mol. The summed E-state index contributed by atoms with van der Waals surface area (Å²) in [6.45, 7) is 5.83. The van der Waals surface area contributed by atoms with Crippen LogP contribution in [0.15, 0.2) is 54.6 Å². The van der Waals surface area contributed by atoms with E-state index in [2.05, 4.69) is 32.4 Å². The highest BCUT2D eigenvalue weighted by atomic mass is 16.5. The van der Waals surface area contributed by atoms with E-state index in [0.29, 0.717) is 17.2 Å². The first-order valence-corrected chi connectivity index (χ1v) is 11.0. The Morgan fingerprint density at radius 2 is 1.73 bits per heavy atom. The van der Waals surface area contributed by atoms with E-state index < -0.39 is 0 Å². The standard InChI is InChI=1S/C25H29N5O3/c1-18-4-10-22(23(16-18)32-3)33-17-25(31)26-20-7-5-19(6-8-20)21-9-11-24(28-27-21)30-14-12-29(2)13-15-30/h4-11,16H,12-15,17H2,1-3H3,(H,26,31). The van der Waals surface area contributed by atoms with Gasteiger partial charge in [-0.05, 0) is 55.9 Å². The van der Waals surface area contributed by atoms with Crippen LogP contribution in [-0.2, 0) is 4.79 Å². The lowest BCUT2D eigenvalue weighted by Gasteiger charge is -2.32. The first-order chi connectivity index (χ1) is 16.0. The zero-order chi connectivity index (χ0) is 23.2. The topological polar surface area (TPSA) is 79.8 Å². The van der Waals surface area contributed by atoms with Gasteiger partial charge in [0.2, 0.25) is 0 Å². The van der Waals surface area contributed by atoms with E-state index in [-0.39, 0.29) is 12.5 Å². The molecule has 1 N–H and O–H groups in total. The van der Waals surface area contributed by atoms with Crippen molar-refractivity contribution >= 4 is 17.4 Å². The van der Waals surface area contributed by atoms with Crippen LogP contribution in [0.5, 0.6) is 11.5 Å². The predicted octanol–water partition coefficient (Wildman–Crippen LogP) is 3.23. The monoisotopic (exact) mass is 447 g/mol. The van der Waals surface area contributed by atoms with Gasteiger partial charge in [-0.3, -0.25) is 4.79 Å². The molecule has 0 aliphatic carbocycles. The van der Waals surface area contributed by atoms with E-state index in [1.807, 2.05) is 55.5 Å². The number of methoxy groups -OCH3 is 1. The van der Waals surface area contributed by atoms with Crippen molar-refractivity contribution < 1.29 is 14.3 Å². The normalized spacial score (nSPS) is 14.1. The molecule has 1 aliphatic rings. The molecule has 2 aromatic carbocycles. The number of carbonyl (C=O) groups excluding carboxylic acids is 1. The van der Waals surface area contributed by atoms with Crippen molar-refractivity contribution in [2.75, 3.05) is 57.2 Å². The molecule has 8 heteroatoms. The molecule has 0 bridgehead atoms. The van der Waals surface area contributed by atoms with Crippen LogP contribution in [0, 0.1) is 6.92 Å². The maximum atomic E-state index is 12.3. The number of piperazine rings is 1. The van der Waals surface area contributed by atoms with Gasteiger partial charge in [0.25, 0.3) is 5.91 Å². The Morgan fingerprint density at radius 1 is 0.970 bits per heavy atom. The van der Waals surface area contributed by atoms with Crippen LogP contribution < -0.4 is 19.7 Å². The summed E-state index contributed by atoms with van der Waals surface area (Å²) in [6.07, 6.45) is 0. The average molecular weight is 448 g/mol. The van der Waals surface area contributed by atoms with Crippen molar-refractivity contribution in [1.29, 1.82) is 0 Å². The number of aromatic nitrogens is 2. The SMILES string of the molecule is COc1cc(C)ccc1OCC(=O)Nc1ccc(-c2ccc(N3CCN(C)CC3)nn2)cc1. The van der Waals surface area contributed by atoms with Crippen LogP contribution in [-0.4, -0.2) is 67.9 Å². The van der Waals surface area contributed by atoms with Gasteiger partial charge in [-0.1, -0.05) is 18.2 Å². The smallest absolute Gasteiger partial charge is 0.262 e. The Labute approximate surface area is 194 Å². The number of aryl methyl sites for hydroxylation is 1. The van der Waals surface area contributed by atoms with Gasteiger partial charge < -0.3 is 24.6 Å². The lowest BCUT2D eigenvalue weighted by Crippen LogP contribution is -2.44. The highest BCUT2D eigenvalue weighted by molar-refractivity contribution is 5.92. The second-order valence-corrected chi connectivity index (χ2v) is 8.14. The second kappa shape index (κ2) is 10.3. The first-order valence-electron chi connectivity index (χ1n) is 11.0. The fourth-order valence-electron chi connectivity index (χ4n) is 3.64. The van der Waals surface area contributed by atoms with Crippen LogP contribution in [0.2, 0.25) is 0 Å². The summed E-state index contributed by atoms with van der Waals surface area (Å²) in [5.41, 5.74) is 3.47. The van der Waals surface area contributed by atoms with Gasteiger partial charge in [-0.2, -0.15) is 0 Å². The van der Waals surface area contributed by atoms with Crippen molar-refractivity contribution in [2.45, 2.75) is 6.92 Å². The number of carbonyl (C=O) groups is 1. The zero-order valence-electron chi connectivity index (χ0n) is 19.2. The van der Waals surface area contributed by atoms with Crippen molar-refractivity contribution in [3.8, 4) is 22.8 Å². The summed E-state index contributed by atoms with van der Waals surface area (Å²) >= 11 is 0. The van der Waals surface area contributed by atoms with Crippen LogP contribution in [0.1, 0.15) is 5.56 Å². The Hall–Kier alpha value is -3.65. The molecule has 0 spiro atoms. The average Bonchev–Trinajstić information content (AvgIpc) is 2.84. The summed E-state index contributed by atoms with van der Waals surface area (Å²) in [5, 5.41) is 11.6. The third-order valence-corrected chi connectivity index (χ3v) is 5.62. The van der Waals surface area contributed by atoms with E-state index in [4.69, 9.17) is 9.47 Å². The molecule has 4 rings (SSSR count). The number of hydrogen-bond acceptors (Lipinski definition) is 7. The van der Waals surface area contributed by atoms with Crippen LogP contribution >= 0.6 is 0 Å². The number of likely N-dealkylation sites (N-methyl/N-ethyl adjacent to an activating group) is 1. The number of hydrogen-bond donors (Lipinski definition) is 1. The van der Waals surface area contributed by atoms with E-state index in [1.54, 1.807) is 13.2 Å². The minimum Gasteiger partial charge on any atom is -0.493 e. The van der Waals surface area contributed by atoms with Crippen LogP contribution in [0.3, 0.4) is 0 Å². The molecule has 0 radical (unpaired) electrons. The fourth-order valence-corrected chi connectivity index (χ4v) is 3.64. The molecule has 8 nitrogen and oxygen atoms in total. The summed E-state index contributed by atoms with van der Waals surface area (Å²) in [6, 6.07) is 17.1. The second-order valence-electron chi connectivity index (χ2n) is 8.14. The molecule has 2 heterocycles. The highest BCUT2D eigenvalue weighted by Gasteiger charge is 2.16. The summed E-state index contributed by atoms with van der Waals surface area (Å²) in [4.78, 5) is 16.9. The molecule has 0 saturated carbocycles. The molecule has 1 fully saturated rings. The molecule has 0 atom stereocenters. The lowest BCUT2D eigenvalue weighted by molar-refractivity contribution is -0.118. The third kappa shape index (κ3) is 5.78. The van der Waals surface area contributed by atoms with Gasteiger partial charge in [-0.15, -0.1) is 10.2 Å². The molecule has 1 aromatic heterocycles. The molecular formula is C25H29N5O3. The van der Waals surface area contributed by atoms with Crippen molar-refractivity contribution in [3.63, 3.8) is 0 Å². The molecular weight excluding hydrogens is 418 g/mol. The maximum absolute atomic E-state index is 12.3. The number of benzene rings is 2.